The number of carbonyl (C=O) groups excluding carboxylic acids is 2. The standard InChI is InChI=1S/C24H34N8O3/c1-30(2)14-17-12-18(6-7-20(17)35-5)26-13-19-21-22(27-15-28-23(21)29-24(19)34)25-8-9-31(3)10-11-32(4)16-33/h6-7,12-13,15-16,26H,8-11,14H2,1-5H3,(H2,25,27,28,29,34)/b19-13-. The minimum absolute atomic E-state index is 0.243. The molecule has 0 aliphatic carbocycles. The van der Waals surface area contributed by atoms with E-state index >= 15 is 0 Å². The van der Waals surface area contributed by atoms with Gasteiger partial charge in [-0.25, -0.2) is 9.97 Å². The van der Waals surface area contributed by atoms with Crippen LogP contribution in [0.25, 0.3) is 5.57 Å². The van der Waals surface area contributed by atoms with Crippen LogP contribution in [0.1, 0.15) is 11.1 Å². The van der Waals surface area contributed by atoms with Crippen molar-refractivity contribution in [1.29, 1.82) is 0 Å². The summed E-state index contributed by atoms with van der Waals surface area (Å²) in [6.45, 7) is 3.49. The van der Waals surface area contributed by atoms with E-state index in [4.69, 9.17) is 4.74 Å². The molecule has 3 rings (SSSR count). The van der Waals surface area contributed by atoms with Crippen molar-refractivity contribution in [3.63, 3.8) is 0 Å². The van der Waals surface area contributed by atoms with Crippen molar-refractivity contribution in [3.8, 4) is 5.75 Å². The second kappa shape index (κ2) is 12.1. The van der Waals surface area contributed by atoms with Gasteiger partial charge in [0, 0.05) is 57.2 Å². The largest absolute Gasteiger partial charge is 0.496 e. The van der Waals surface area contributed by atoms with Gasteiger partial charge in [0.2, 0.25) is 6.41 Å². The van der Waals surface area contributed by atoms with Gasteiger partial charge in [0.25, 0.3) is 5.91 Å². The number of rotatable bonds is 13. The van der Waals surface area contributed by atoms with Gasteiger partial charge in [0.1, 0.15) is 23.7 Å². The lowest BCUT2D eigenvalue weighted by molar-refractivity contribution is -0.117. The van der Waals surface area contributed by atoms with E-state index in [9.17, 15) is 9.59 Å². The van der Waals surface area contributed by atoms with Gasteiger partial charge in [0.15, 0.2) is 0 Å². The Hall–Kier alpha value is -3.70. The molecule has 2 heterocycles. The Morgan fingerprint density at radius 1 is 1.11 bits per heavy atom. The number of methoxy groups -OCH3 is 1. The Labute approximate surface area is 206 Å². The molecule has 0 bridgehead atoms. The zero-order valence-corrected chi connectivity index (χ0v) is 21.0. The summed E-state index contributed by atoms with van der Waals surface area (Å²) < 4.78 is 5.47. The number of nitrogens with one attached hydrogen (secondary N) is 3. The second-order valence-corrected chi connectivity index (χ2v) is 8.68. The van der Waals surface area contributed by atoms with Gasteiger partial charge in [-0.15, -0.1) is 0 Å². The van der Waals surface area contributed by atoms with Crippen molar-refractivity contribution < 1.29 is 14.3 Å². The first-order valence-corrected chi connectivity index (χ1v) is 11.4. The number of aromatic nitrogens is 2. The highest BCUT2D eigenvalue weighted by molar-refractivity contribution is 6.32. The zero-order chi connectivity index (χ0) is 25.4. The molecule has 1 aromatic carbocycles. The maximum atomic E-state index is 12.7. The van der Waals surface area contributed by atoms with Gasteiger partial charge in [-0.3, -0.25) is 9.59 Å². The fourth-order valence-electron chi connectivity index (χ4n) is 3.64. The predicted molar refractivity (Wildman–Crippen MR) is 137 cm³/mol. The van der Waals surface area contributed by atoms with Crippen LogP contribution in [0, 0.1) is 0 Å². The van der Waals surface area contributed by atoms with Gasteiger partial charge in [-0.05, 0) is 39.3 Å². The lowest BCUT2D eigenvalue weighted by Crippen LogP contribution is -2.33. The molecule has 0 spiro atoms. The van der Waals surface area contributed by atoms with Gasteiger partial charge in [-0.1, -0.05) is 0 Å². The van der Waals surface area contributed by atoms with E-state index < -0.39 is 0 Å². The van der Waals surface area contributed by atoms with Crippen LogP contribution in [0.5, 0.6) is 5.75 Å². The van der Waals surface area contributed by atoms with E-state index in [0.29, 0.717) is 35.9 Å². The summed E-state index contributed by atoms with van der Waals surface area (Å²) in [5.41, 5.74) is 2.96. The van der Waals surface area contributed by atoms with Crippen molar-refractivity contribution in [2.45, 2.75) is 6.54 Å². The fraction of sp³-hybridized carbons (Fsp3) is 0.417. The Kier molecular flexibility index (Phi) is 8.98. The summed E-state index contributed by atoms with van der Waals surface area (Å²) in [5.74, 6) is 1.63. The van der Waals surface area contributed by atoms with Crippen molar-refractivity contribution in [3.05, 3.63) is 41.9 Å². The van der Waals surface area contributed by atoms with Crippen molar-refractivity contribution in [1.82, 2.24) is 24.7 Å². The number of benzene rings is 1. The SMILES string of the molecule is COc1ccc(N/C=C2\C(=O)Nc3ncnc(NCCN(C)CCN(C)C=O)c32)cc1CN(C)C. The third-order valence-corrected chi connectivity index (χ3v) is 5.54. The molecule has 2 amide bonds. The average Bonchev–Trinajstić information content (AvgIpc) is 3.16. The highest BCUT2D eigenvalue weighted by Crippen LogP contribution is 2.34. The molecule has 0 atom stereocenters. The summed E-state index contributed by atoms with van der Waals surface area (Å²) in [6, 6.07) is 5.81. The molecule has 2 aromatic rings. The number of hydrogen-bond donors (Lipinski definition) is 3. The number of carbonyl (C=O) groups is 2. The molecule has 1 aliphatic heterocycles. The number of ether oxygens (including phenoxy) is 1. The molecule has 0 saturated heterocycles. The van der Waals surface area contributed by atoms with Crippen LogP contribution in [0.4, 0.5) is 17.3 Å². The van der Waals surface area contributed by atoms with Gasteiger partial charge in [0.05, 0.1) is 18.2 Å². The van der Waals surface area contributed by atoms with Gasteiger partial charge in [-0.2, -0.15) is 0 Å². The Bertz CT molecular complexity index is 1070. The molecule has 0 radical (unpaired) electrons. The van der Waals surface area contributed by atoms with Gasteiger partial charge >= 0.3 is 0 Å². The van der Waals surface area contributed by atoms with Crippen molar-refractivity contribution >= 4 is 35.2 Å². The fourth-order valence-corrected chi connectivity index (χ4v) is 3.64. The van der Waals surface area contributed by atoms with E-state index in [1.165, 1.54) is 6.33 Å². The molecule has 11 nitrogen and oxygen atoms in total. The molecule has 0 saturated carbocycles. The monoisotopic (exact) mass is 482 g/mol. The summed E-state index contributed by atoms with van der Waals surface area (Å²) in [5, 5.41) is 9.35. The number of likely N-dealkylation sites (N-methyl/N-ethyl adjacent to an activating group) is 2. The minimum atomic E-state index is -0.243. The highest BCUT2D eigenvalue weighted by Gasteiger charge is 2.29. The molecule has 11 heteroatoms. The molecule has 0 fully saturated rings. The lowest BCUT2D eigenvalue weighted by atomic mass is 10.1. The molecular formula is C24H34N8O3. The molecule has 3 N–H and O–H groups in total. The molecule has 35 heavy (non-hydrogen) atoms. The molecule has 188 valence electrons. The number of anilines is 3. The van der Waals surface area contributed by atoms with Crippen LogP contribution in [0.2, 0.25) is 0 Å². The average molecular weight is 483 g/mol. The first-order chi connectivity index (χ1) is 16.8. The van der Waals surface area contributed by atoms with Crippen LogP contribution in [-0.4, -0.2) is 98.5 Å². The third kappa shape index (κ3) is 6.90. The Morgan fingerprint density at radius 2 is 1.91 bits per heavy atom. The topological polar surface area (TPSA) is 115 Å². The Morgan fingerprint density at radius 3 is 2.63 bits per heavy atom. The summed E-state index contributed by atoms with van der Waals surface area (Å²) >= 11 is 0. The molecular weight excluding hydrogens is 448 g/mol. The van der Waals surface area contributed by atoms with E-state index in [-0.39, 0.29) is 5.91 Å². The van der Waals surface area contributed by atoms with E-state index in [1.807, 2.05) is 39.3 Å². The molecule has 1 aliphatic rings. The molecule has 0 unspecified atom stereocenters. The first-order valence-electron chi connectivity index (χ1n) is 11.4. The normalized spacial score (nSPS) is 13.7. The number of nitrogens with zero attached hydrogens (tertiary/aromatic N) is 5. The minimum Gasteiger partial charge on any atom is -0.496 e. The summed E-state index contributed by atoms with van der Waals surface area (Å²) in [6.07, 6.45) is 3.92. The highest BCUT2D eigenvalue weighted by atomic mass is 16.5. The maximum Gasteiger partial charge on any atom is 0.259 e. The van der Waals surface area contributed by atoms with E-state index in [1.54, 1.807) is 25.3 Å². The summed E-state index contributed by atoms with van der Waals surface area (Å²) in [7, 11) is 9.39. The zero-order valence-electron chi connectivity index (χ0n) is 21.0. The van der Waals surface area contributed by atoms with Crippen LogP contribution in [-0.2, 0) is 16.1 Å². The summed E-state index contributed by atoms with van der Waals surface area (Å²) in [4.78, 5) is 37.8. The van der Waals surface area contributed by atoms with E-state index in [2.05, 4.69) is 35.7 Å². The van der Waals surface area contributed by atoms with Crippen LogP contribution in [0.15, 0.2) is 30.7 Å². The second-order valence-electron chi connectivity index (χ2n) is 8.68. The van der Waals surface area contributed by atoms with Crippen molar-refractivity contribution in [2.24, 2.45) is 0 Å². The maximum absolute atomic E-state index is 12.7. The van der Waals surface area contributed by atoms with Crippen LogP contribution < -0.4 is 20.7 Å². The number of amides is 2. The first kappa shape index (κ1) is 25.9. The Balaban J connectivity index is 1.72. The van der Waals surface area contributed by atoms with Crippen LogP contribution >= 0.6 is 0 Å². The lowest BCUT2D eigenvalue weighted by Gasteiger charge is -2.20. The number of fused-ring (bicyclic) bond motifs is 1. The van der Waals surface area contributed by atoms with Gasteiger partial charge < -0.3 is 35.4 Å². The van der Waals surface area contributed by atoms with Crippen molar-refractivity contribution in [2.75, 3.05) is 77.4 Å². The van der Waals surface area contributed by atoms with E-state index in [0.717, 1.165) is 43.0 Å². The number of hydrogen-bond acceptors (Lipinski definition) is 9. The molecule has 1 aromatic heterocycles. The van der Waals surface area contributed by atoms with Crippen LogP contribution in [0.3, 0.4) is 0 Å². The smallest absolute Gasteiger partial charge is 0.259 e. The predicted octanol–water partition coefficient (Wildman–Crippen LogP) is 1.38. The third-order valence-electron chi connectivity index (χ3n) is 5.54. The quantitative estimate of drug-likeness (QED) is 0.288.